The summed E-state index contributed by atoms with van der Waals surface area (Å²) in [6.07, 6.45) is 0. The van der Waals surface area contributed by atoms with Crippen LogP contribution in [0.5, 0.6) is 5.75 Å². The number of benzene rings is 1. The van der Waals surface area contributed by atoms with Gasteiger partial charge in [-0.25, -0.2) is 0 Å². The van der Waals surface area contributed by atoms with Crippen molar-refractivity contribution < 1.29 is 9.47 Å². The summed E-state index contributed by atoms with van der Waals surface area (Å²) in [7, 11) is 1.72. The average Bonchev–Trinajstić information content (AvgIpc) is 2.50. The van der Waals surface area contributed by atoms with Gasteiger partial charge >= 0.3 is 0 Å². The van der Waals surface area contributed by atoms with Crippen molar-refractivity contribution in [1.29, 1.82) is 0 Å². The molecule has 0 saturated carbocycles. The lowest BCUT2D eigenvalue weighted by atomic mass is 10.0. The normalized spacial score (nSPS) is 20.2. The second-order valence-corrected chi connectivity index (χ2v) is 3.00. The van der Waals surface area contributed by atoms with Gasteiger partial charge in [0.15, 0.2) is 0 Å². The molecule has 0 amide bonds. The van der Waals surface area contributed by atoms with Gasteiger partial charge in [-0.1, -0.05) is 18.2 Å². The standard InChI is InChI=1S/C10H12O2/c1-11-6-8-7-12-10-5-3-2-4-9(8)10/h2-5,8H,6-7H2,1H3/t8-/m1/s1. The van der Waals surface area contributed by atoms with Crippen molar-refractivity contribution in [3.63, 3.8) is 0 Å². The highest BCUT2D eigenvalue weighted by atomic mass is 16.5. The number of hydrogen-bond donors (Lipinski definition) is 0. The molecule has 0 saturated heterocycles. The predicted molar refractivity (Wildman–Crippen MR) is 46.6 cm³/mol. The Morgan fingerprint density at radius 3 is 3.17 bits per heavy atom. The number of fused-ring (bicyclic) bond motifs is 1. The molecule has 1 atom stereocenters. The van der Waals surface area contributed by atoms with Gasteiger partial charge in [0.1, 0.15) is 5.75 Å². The quantitative estimate of drug-likeness (QED) is 0.663. The van der Waals surface area contributed by atoms with Crippen LogP contribution in [0.2, 0.25) is 0 Å². The third kappa shape index (κ3) is 1.18. The Bertz CT molecular complexity index is 268. The molecule has 0 N–H and O–H groups in total. The summed E-state index contributed by atoms with van der Waals surface area (Å²) in [6.45, 7) is 1.50. The Morgan fingerprint density at radius 1 is 1.50 bits per heavy atom. The van der Waals surface area contributed by atoms with Gasteiger partial charge in [-0.2, -0.15) is 0 Å². The van der Waals surface area contributed by atoms with Gasteiger partial charge < -0.3 is 9.47 Å². The fraction of sp³-hybridized carbons (Fsp3) is 0.400. The molecule has 1 aromatic rings. The highest BCUT2D eigenvalue weighted by Gasteiger charge is 2.22. The third-order valence-corrected chi connectivity index (χ3v) is 2.17. The van der Waals surface area contributed by atoms with Crippen LogP contribution in [0.15, 0.2) is 24.3 Å². The minimum absolute atomic E-state index is 0.422. The molecule has 0 spiro atoms. The van der Waals surface area contributed by atoms with E-state index in [0.29, 0.717) is 5.92 Å². The molecule has 0 fully saturated rings. The molecule has 0 radical (unpaired) electrons. The number of ether oxygens (including phenoxy) is 2. The van der Waals surface area contributed by atoms with E-state index in [2.05, 4.69) is 6.07 Å². The van der Waals surface area contributed by atoms with E-state index in [4.69, 9.17) is 9.47 Å². The number of methoxy groups -OCH3 is 1. The van der Waals surface area contributed by atoms with Gasteiger partial charge in [0, 0.05) is 18.6 Å². The highest BCUT2D eigenvalue weighted by Crippen LogP contribution is 2.33. The number of para-hydroxylation sites is 1. The summed E-state index contributed by atoms with van der Waals surface area (Å²) in [6, 6.07) is 8.14. The van der Waals surface area contributed by atoms with Crippen LogP contribution in [-0.2, 0) is 4.74 Å². The third-order valence-electron chi connectivity index (χ3n) is 2.17. The van der Waals surface area contributed by atoms with Crippen molar-refractivity contribution in [3.8, 4) is 5.75 Å². The van der Waals surface area contributed by atoms with Gasteiger partial charge in [0.25, 0.3) is 0 Å². The largest absolute Gasteiger partial charge is 0.493 e. The first-order valence-corrected chi connectivity index (χ1v) is 4.12. The molecule has 1 aliphatic rings. The van der Waals surface area contributed by atoms with Crippen molar-refractivity contribution in [1.82, 2.24) is 0 Å². The van der Waals surface area contributed by atoms with Crippen molar-refractivity contribution in [2.45, 2.75) is 5.92 Å². The summed E-state index contributed by atoms with van der Waals surface area (Å²) in [5.41, 5.74) is 1.28. The lowest BCUT2D eigenvalue weighted by Gasteiger charge is -2.05. The maximum absolute atomic E-state index is 5.48. The molecule has 12 heavy (non-hydrogen) atoms. The van der Waals surface area contributed by atoms with Crippen LogP contribution in [0.25, 0.3) is 0 Å². The maximum Gasteiger partial charge on any atom is 0.123 e. The van der Waals surface area contributed by atoms with Gasteiger partial charge in [-0.3, -0.25) is 0 Å². The molecule has 2 heteroatoms. The Kier molecular flexibility index (Phi) is 2.00. The van der Waals surface area contributed by atoms with Crippen LogP contribution in [0.4, 0.5) is 0 Å². The van der Waals surface area contributed by atoms with Gasteiger partial charge in [-0.05, 0) is 6.07 Å². The van der Waals surface area contributed by atoms with E-state index in [1.165, 1.54) is 5.56 Å². The van der Waals surface area contributed by atoms with Crippen LogP contribution in [0.1, 0.15) is 11.5 Å². The SMILES string of the molecule is COC[C@@H]1COc2ccccc21. The monoisotopic (exact) mass is 164 g/mol. The van der Waals surface area contributed by atoms with E-state index < -0.39 is 0 Å². The number of hydrogen-bond acceptors (Lipinski definition) is 2. The van der Waals surface area contributed by atoms with E-state index in [1.807, 2.05) is 18.2 Å². The van der Waals surface area contributed by atoms with E-state index in [0.717, 1.165) is 19.0 Å². The van der Waals surface area contributed by atoms with Crippen molar-refractivity contribution in [2.24, 2.45) is 0 Å². The molecule has 1 heterocycles. The fourth-order valence-electron chi connectivity index (χ4n) is 1.57. The second kappa shape index (κ2) is 3.15. The molecule has 2 rings (SSSR count). The van der Waals surface area contributed by atoms with E-state index in [-0.39, 0.29) is 0 Å². The first-order valence-electron chi connectivity index (χ1n) is 4.12. The molecular formula is C10H12O2. The second-order valence-electron chi connectivity index (χ2n) is 3.00. The highest BCUT2D eigenvalue weighted by molar-refractivity contribution is 5.39. The molecule has 1 aromatic carbocycles. The molecule has 1 aliphatic heterocycles. The summed E-state index contributed by atoms with van der Waals surface area (Å²) >= 11 is 0. The van der Waals surface area contributed by atoms with Crippen LogP contribution >= 0.6 is 0 Å². The minimum Gasteiger partial charge on any atom is -0.493 e. The maximum atomic E-state index is 5.48. The molecule has 0 bridgehead atoms. The number of rotatable bonds is 2. The Labute approximate surface area is 72.1 Å². The first-order chi connectivity index (χ1) is 5.92. The molecule has 0 aliphatic carbocycles. The lowest BCUT2D eigenvalue weighted by molar-refractivity contribution is 0.166. The average molecular weight is 164 g/mol. The Morgan fingerprint density at radius 2 is 2.33 bits per heavy atom. The molecule has 0 unspecified atom stereocenters. The van der Waals surface area contributed by atoms with Gasteiger partial charge in [0.05, 0.1) is 13.2 Å². The first kappa shape index (κ1) is 7.62. The fourth-order valence-corrected chi connectivity index (χ4v) is 1.57. The lowest BCUT2D eigenvalue weighted by Crippen LogP contribution is -2.07. The Hall–Kier alpha value is -1.02. The topological polar surface area (TPSA) is 18.5 Å². The van der Waals surface area contributed by atoms with Crippen LogP contribution in [0.3, 0.4) is 0 Å². The van der Waals surface area contributed by atoms with E-state index in [9.17, 15) is 0 Å². The minimum atomic E-state index is 0.422. The van der Waals surface area contributed by atoms with Crippen molar-refractivity contribution in [2.75, 3.05) is 20.3 Å². The van der Waals surface area contributed by atoms with Gasteiger partial charge in [-0.15, -0.1) is 0 Å². The molecule has 0 aromatic heterocycles. The summed E-state index contributed by atoms with van der Waals surface area (Å²) in [5, 5.41) is 0. The van der Waals surface area contributed by atoms with Crippen LogP contribution in [0, 0.1) is 0 Å². The van der Waals surface area contributed by atoms with Gasteiger partial charge in [0.2, 0.25) is 0 Å². The molecule has 2 nitrogen and oxygen atoms in total. The van der Waals surface area contributed by atoms with Crippen molar-refractivity contribution in [3.05, 3.63) is 29.8 Å². The van der Waals surface area contributed by atoms with Crippen LogP contribution in [-0.4, -0.2) is 20.3 Å². The van der Waals surface area contributed by atoms with Crippen LogP contribution < -0.4 is 4.74 Å². The smallest absolute Gasteiger partial charge is 0.123 e. The predicted octanol–water partition coefficient (Wildman–Crippen LogP) is 1.81. The Balaban J connectivity index is 2.24. The summed E-state index contributed by atoms with van der Waals surface area (Å²) < 4.78 is 10.6. The zero-order chi connectivity index (χ0) is 8.39. The molecule has 64 valence electrons. The summed E-state index contributed by atoms with van der Waals surface area (Å²) in [4.78, 5) is 0. The zero-order valence-electron chi connectivity index (χ0n) is 7.12. The zero-order valence-corrected chi connectivity index (χ0v) is 7.12. The van der Waals surface area contributed by atoms with Crippen molar-refractivity contribution >= 4 is 0 Å². The van der Waals surface area contributed by atoms with E-state index in [1.54, 1.807) is 7.11 Å². The van der Waals surface area contributed by atoms with E-state index >= 15 is 0 Å². The molecular weight excluding hydrogens is 152 g/mol. The summed E-state index contributed by atoms with van der Waals surface area (Å²) in [5.74, 6) is 1.44.